The van der Waals surface area contributed by atoms with Gasteiger partial charge in [-0.2, -0.15) is 10.2 Å². The molecule has 1 saturated carbocycles. The van der Waals surface area contributed by atoms with E-state index in [-0.39, 0.29) is 6.04 Å². The second-order valence-electron chi connectivity index (χ2n) is 8.06. The number of aliphatic imine (C=N–C) groups is 1. The minimum absolute atomic E-state index is 0.0735. The molecule has 0 spiro atoms. The number of rotatable bonds is 6. The van der Waals surface area contributed by atoms with Gasteiger partial charge >= 0.3 is 0 Å². The normalized spacial score (nSPS) is 18.3. The highest BCUT2D eigenvalue weighted by Gasteiger charge is 2.24. The van der Waals surface area contributed by atoms with E-state index < -0.39 is 0 Å². The molecule has 1 fully saturated rings. The molecule has 1 atom stereocenters. The highest BCUT2D eigenvalue weighted by Crippen LogP contribution is 2.41. The number of hydroxylamine groups is 1. The van der Waals surface area contributed by atoms with E-state index >= 15 is 0 Å². The predicted molar refractivity (Wildman–Crippen MR) is 120 cm³/mol. The highest BCUT2D eigenvalue weighted by molar-refractivity contribution is 6.31. The third kappa shape index (κ3) is 4.70. The highest BCUT2D eigenvalue weighted by atomic mass is 35.5. The van der Waals surface area contributed by atoms with Crippen LogP contribution in [-0.4, -0.2) is 28.7 Å². The first kappa shape index (κ1) is 20.0. The first-order chi connectivity index (χ1) is 15.2. The summed E-state index contributed by atoms with van der Waals surface area (Å²) in [5.41, 5.74) is 7.11. The van der Waals surface area contributed by atoms with Crippen molar-refractivity contribution in [1.29, 1.82) is 0 Å². The molecule has 0 saturated heterocycles. The fourth-order valence-electron chi connectivity index (χ4n) is 3.70. The summed E-state index contributed by atoms with van der Waals surface area (Å²) in [6.07, 6.45) is 6.41. The molecular formula is C24H23ClN4O2. The summed E-state index contributed by atoms with van der Waals surface area (Å²) in [5, 5.41) is 8.77. The van der Waals surface area contributed by atoms with Crippen LogP contribution in [0.5, 0.6) is 11.5 Å². The molecule has 2 heterocycles. The Kier molecular flexibility index (Phi) is 5.57. The van der Waals surface area contributed by atoms with Crippen LogP contribution in [0.4, 0.5) is 0 Å². The molecule has 0 amide bonds. The van der Waals surface area contributed by atoms with Gasteiger partial charge in [0.1, 0.15) is 5.75 Å². The van der Waals surface area contributed by atoms with Crippen molar-refractivity contribution in [2.24, 2.45) is 4.99 Å². The molecule has 1 aromatic heterocycles. The molecule has 1 aliphatic carbocycles. The average molecular weight is 435 g/mol. The minimum Gasteiger partial charge on any atom is -0.455 e. The number of amidine groups is 1. The third-order valence-electron chi connectivity index (χ3n) is 5.50. The molecular weight excluding hydrogens is 412 g/mol. The van der Waals surface area contributed by atoms with Gasteiger partial charge in [0.25, 0.3) is 0 Å². The van der Waals surface area contributed by atoms with Crippen LogP contribution in [0.15, 0.2) is 59.9 Å². The number of aromatic nitrogens is 2. The molecule has 0 bridgehead atoms. The van der Waals surface area contributed by atoms with Crippen molar-refractivity contribution in [3.8, 4) is 11.5 Å². The molecule has 2 aliphatic rings. The van der Waals surface area contributed by atoms with Gasteiger partial charge in [-0.25, -0.2) is 5.48 Å². The van der Waals surface area contributed by atoms with Crippen LogP contribution in [0.2, 0.25) is 5.02 Å². The van der Waals surface area contributed by atoms with Gasteiger partial charge < -0.3 is 4.74 Å². The number of ether oxygens (including phenoxy) is 1. The molecule has 6 nitrogen and oxygen atoms in total. The Balaban J connectivity index is 1.38. The number of halogens is 1. The fourth-order valence-corrected chi connectivity index (χ4v) is 4.01. The first-order valence-corrected chi connectivity index (χ1v) is 10.8. The monoisotopic (exact) mass is 434 g/mol. The maximum Gasteiger partial charge on any atom is 0.160 e. The van der Waals surface area contributed by atoms with E-state index in [1.165, 1.54) is 18.4 Å². The van der Waals surface area contributed by atoms with Crippen LogP contribution in [0.1, 0.15) is 41.0 Å². The Morgan fingerprint density at radius 3 is 2.84 bits per heavy atom. The SMILES string of the molecule is Cc1ccc(CC2CONC(c3cnncc3Oc3cccc(C4CC4)c3)=N2)c(Cl)c1. The smallest absolute Gasteiger partial charge is 0.160 e. The maximum atomic E-state index is 6.41. The van der Waals surface area contributed by atoms with Gasteiger partial charge in [-0.3, -0.25) is 9.83 Å². The summed E-state index contributed by atoms with van der Waals surface area (Å²) in [6.45, 7) is 2.48. The fraction of sp³-hybridized carbons (Fsp3) is 0.292. The average Bonchev–Trinajstić information content (AvgIpc) is 3.62. The third-order valence-corrected chi connectivity index (χ3v) is 5.86. The van der Waals surface area contributed by atoms with Crippen molar-refractivity contribution >= 4 is 17.4 Å². The van der Waals surface area contributed by atoms with Crippen LogP contribution >= 0.6 is 11.6 Å². The largest absolute Gasteiger partial charge is 0.455 e. The van der Waals surface area contributed by atoms with Crippen molar-refractivity contribution in [1.82, 2.24) is 15.7 Å². The summed E-state index contributed by atoms with van der Waals surface area (Å²) in [7, 11) is 0. The van der Waals surface area contributed by atoms with Crippen molar-refractivity contribution < 1.29 is 9.57 Å². The Morgan fingerprint density at radius 2 is 2.00 bits per heavy atom. The van der Waals surface area contributed by atoms with Crippen molar-refractivity contribution in [2.75, 3.05) is 6.61 Å². The standard InChI is InChI=1S/C24H23ClN4O2/c1-15-5-6-18(22(25)9-15)10-19-14-30-29-24(28-19)21-12-26-27-13-23(21)31-20-4-2-3-17(11-20)16-7-8-16/h2-6,9,11-13,16,19H,7-8,10,14H2,1H3,(H,28,29). The number of hydrogen-bond acceptors (Lipinski definition) is 6. The van der Waals surface area contributed by atoms with Gasteiger partial charge in [-0.05, 0) is 67.0 Å². The van der Waals surface area contributed by atoms with Gasteiger partial charge in [-0.15, -0.1) is 0 Å². The number of hydrogen-bond donors (Lipinski definition) is 1. The molecule has 158 valence electrons. The van der Waals surface area contributed by atoms with E-state index in [1.54, 1.807) is 12.4 Å². The van der Waals surface area contributed by atoms with Crippen LogP contribution in [0, 0.1) is 6.92 Å². The maximum absolute atomic E-state index is 6.41. The molecule has 5 rings (SSSR count). The summed E-state index contributed by atoms with van der Waals surface area (Å²) in [4.78, 5) is 10.5. The molecule has 0 radical (unpaired) electrons. The van der Waals surface area contributed by atoms with E-state index in [9.17, 15) is 0 Å². The number of nitrogens with zero attached hydrogens (tertiary/aromatic N) is 3. The second kappa shape index (κ2) is 8.65. The van der Waals surface area contributed by atoms with Crippen LogP contribution in [0.25, 0.3) is 0 Å². The Labute approximate surface area is 186 Å². The molecule has 7 heteroatoms. The molecule has 1 N–H and O–H groups in total. The van der Waals surface area contributed by atoms with Crippen molar-refractivity contribution in [3.63, 3.8) is 0 Å². The summed E-state index contributed by atoms with van der Waals surface area (Å²) < 4.78 is 6.17. The van der Waals surface area contributed by atoms with E-state index in [0.717, 1.165) is 21.9 Å². The van der Waals surface area contributed by atoms with E-state index in [1.807, 2.05) is 31.2 Å². The molecule has 2 aromatic carbocycles. The second-order valence-corrected chi connectivity index (χ2v) is 8.47. The molecule has 3 aromatic rings. The lowest BCUT2D eigenvalue weighted by atomic mass is 10.0. The van der Waals surface area contributed by atoms with E-state index in [2.05, 4.69) is 33.9 Å². The van der Waals surface area contributed by atoms with Crippen LogP contribution < -0.4 is 10.2 Å². The Bertz CT molecular complexity index is 1130. The topological polar surface area (TPSA) is 68.6 Å². The molecule has 31 heavy (non-hydrogen) atoms. The zero-order valence-electron chi connectivity index (χ0n) is 17.2. The summed E-state index contributed by atoms with van der Waals surface area (Å²) >= 11 is 6.41. The van der Waals surface area contributed by atoms with Gasteiger partial charge in [0.05, 0.1) is 30.6 Å². The van der Waals surface area contributed by atoms with Crippen LogP contribution in [-0.2, 0) is 11.3 Å². The Morgan fingerprint density at radius 1 is 1.13 bits per heavy atom. The number of nitrogens with one attached hydrogen (secondary N) is 1. The van der Waals surface area contributed by atoms with Crippen LogP contribution in [0.3, 0.4) is 0 Å². The lowest BCUT2D eigenvalue weighted by Gasteiger charge is -2.23. The zero-order valence-corrected chi connectivity index (χ0v) is 18.0. The quantitative estimate of drug-likeness (QED) is 0.591. The van der Waals surface area contributed by atoms with Crippen molar-refractivity contribution in [2.45, 2.75) is 38.1 Å². The molecule has 1 unspecified atom stereocenters. The van der Waals surface area contributed by atoms with Gasteiger partial charge in [0.15, 0.2) is 11.6 Å². The first-order valence-electron chi connectivity index (χ1n) is 10.5. The Hall–Kier alpha value is -2.96. The minimum atomic E-state index is -0.0735. The summed E-state index contributed by atoms with van der Waals surface area (Å²) in [6, 6.07) is 14.2. The predicted octanol–water partition coefficient (Wildman–Crippen LogP) is 5.00. The number of aryl methyl sites for hydroxylation is 1. The van der Waals surface area contributed by atoms with E-state index in [4.69, 9.17) is 26.2 Å². The van der Waals surface area contributed by atoms with E-state index in [0.29, 0.717) is 36.1 Å². The van der Waals surface area contributed by atoms with Crippen molar-refractivity contribution in [3.05, 3.63) is 82.1 Å². The van der Waals surface area contributed by atoms with Gasteiger partial charge in [0, 0.05) is 5.02 Å². The lowest BCUT2D eigenvalue weighted by molar-refractivity contribution is 0.0623. The van der Waals surface area contributed by atoms with Gasteiger partial charge in [-0.1, -0.05) is 35.9 Å². The summed E-state index contributed by atoms with van der Waals surface area (Å²) in [5.74, 6) is 2.58. The van der Waals surface area contributed by atoms with Gasteiger partial charge in [0.2, 0.25) is 0 Å². The lowest BCUT2D eigenvalue weighted by Crippen LogP contribution is -2.37. The number of benzene rings is 2. The zero-order chi connectivity index (χ0) is 21.2. The molecule has 1 aliphatic heterocycles.